The minimum atomic E-state index is -3.04. The van der Waals surface area contributed by atoms with Crippen LogP contribution in [0.15, 0.2) is 6.20 Å². The number of nitrogens with zero attached hydrogens (tertiary/aromatic N) is 2. The van der Waals surface area contributed by atoms with Gasteiger partial charge in [-0.3, -0.25) is 10.1 Å². The number of hydrogen-bond donors (Lipinski definition) is 0. The van der Waals surface area contributed by atoms with Crippen LogP contribution in [0.25, 0.3) is 0 Å². The summed E-state index contributed by atoms with van der Waals surface area (Å²) >= 11 is 0. The number of carbonyl (C=O) groups excluding carboxylic acids is 1. The Morgan fingerprint density at radius 2 is 2.22 bits per heavy atom. The molecule has 0 aliphatic heterocycles. The SMILES string of the molecule is CCOC(=O)c1ncc([N+](=O)[O-])c(C)c1C(F)F. The molecule has 0 saturated carbocycles. The summed E-state index contributed by atoms with van der Waals surface area (Å²) in [5.41, 5.74) is -2.19. The Morgan fingerprint density at radius 1 is 1.61 bits per heavy atom. The molecule has 0 radical (unpaired) electrons. The molecule has 0 fully saturated rings. The fourth-order valence-electron chi connectivity index (χ4n) is 1.42. The number of nitro groups is 1. The molecule has 1 heterocycles. The fraction of sp³-hybridized carbons (Fsp3) is 0.400. The van der Waals surface area contributed by atoms with Crippen molar-refractivity contribution in [1.29, 1.82) is 0 Å². The first kappa shape index (κ1) is 13.9. The van der Waals surface area contributed by atoms with Crippen LogP contribution >= 0.6 is 0 Å². The zero-order valence-corrected chi connectivity index (χ0v) is 9.65. The summed E-state index contributed by atoms with van der Waals surface area (Å²) in [6, 6.07) is 0. The molecule has 0 amide bonds. The number of carbonyl (C=O) groups is 1. The topological polar surface area (TPSA) is 82.3 Å². The van der Waals surface area contributed by atoms with Crippen molar-refractivity contribution in [2.75, 3.05) is 6.61 Å². The summed E-state index contributed by atoms with van der Waals surface area (Å²) in [5.74, 6) is -1.02. The summed E-state index contributed by atoms with van der Waals surface area (Å²) in [4.78, 5) is 24.6. The number of aromatic nitrogens is 1. The third-order valence-corrected chi connectivity index (χ3v) is 2.24. The van der Waals surface area contributed by atoms with Crippen molar-refractivity contribution in [3.8, 4) is 0 Å². The number of esters is 1. The maximum absolute atomic E-state index is 12.9. The molecular formula is C10H10F2N2O4. The Balaban J connectivity index is 3.41. The first-order chi connectivity index (χ1) is 8.40. The van der Waals surface area contributed by atoms with Crippen molar-refractivity contribution in [3.05, 3.63) is 33.1 Å². The van der Waals surface area contributed by atoms with Crippen LogP contribution in [0.2, 0.25) is 0 Å². The van der Waals surface area contributed by atoms with E-state index in [0.29, 0.717) is 0 Å². The quantitative estimate of drug-likeness (QED) is 0.471. The van der Waals surface area contributed by atoms with Gasteiger partial charge in [0.05, 0.1) is 17.1 Å². The molecule has 0 saturated heterocycles. The van der Waals surface area contributed by atoms with Gasteiger partial charge in [0, 0.05) is 5.56 Å². The second-order valence-corrected chi connectivity index (χ2v) is 3.31. The van der Waals surface area contributed by atoms with E-state index in [1.165, 1.54) is 6.92 Å². The van der Waals surface area contributed by atoms with Crippen LogP contribution in [-0.2, 0) is 4.74 Å². The van der Waals surface area contributed by atoms with Gasteiger partial charge in [0.2, 0.25) is 0 Å². The second-order valence-electron chi connectivity index (χ2n) is 3.31. The molecule has 1 aromatic heterocycles. The molecule has 0 N–H and O–H groups in total. The van der Waals surface area contributed by atoms with Gasteiger partial charge in [-0.1, -0.05) is 0 Å². The molecule has 8 heteroatoms. The molecule has 0 atom stereocenters. The molecule has 0 bridgehead atoms. The minimum Gasteiger partial charge on any atom is -0.461 e. The van der Waals surface area contributed by atoms with Gasteiger partial charge in [-0.05, 0) is 13.8 Å². The smallest absolute Gasteiger partial charge is 0.357 e. The first-order valence-electron chi connectivity index (χ1n) is 4.99. The predicted octanol–water partition coefficient (Wildman–Crippen LogP) is 2.41. The van der Waals surface area contributed by atoms with Gasteiger partial charge in [0.1, 0.15) is 6.20 Å². The average molecular weight is 260 g/mol. The Bertz CT molecular complexity index is 491. The number of pyridine rings is 1. The normalized spacial score (nSPS) is 10.5. The minimum absolute atomic E-state index is 0.000767. The lowest BCUT2D eigenvalue weighted by atomic mass is 10.1. The van der Waals surface area contributed by atoms with Crippen molar-refractivity contribution < 1.29 is 23.2 Å². The summed E-state index contributed by atoms with van der Waals surface area (Å²) in [6.45, 7) is 2.65. The van der Waals surface area contributed by atoms with Crippen molar-refractivity contribution in [2.24, 2.45) is 0 Å². The summed E-state index contributed by atoms with van der Waals surface area (Å²) < 4.78 is 30.3. The van der Waals surface area contributed by atoms with Gasteiger partial charge in [0.15, 0.2) is 5.69 Å². The molecule has 0 aliphatic carbocycles. The van der Waals surface area contributed by atoms with E-state index in [0.717, 1.165) is 13.1 Å². The standard InChI is InChI=1S/C10H10F2N2O4/c1-3-18-10(15)8-7(9(11)12)5(2)6(4-13-8)14(16)17/h4,9H,3H2,1-2H3. The van der Waals surface area contributed by atoms with Gasteiger partial charge in [-0.2, -0.15) is 0 Å². The van der Waals surface area contributed by atoms with Crippen LogP contribution in [0.4, 0.5) is 14.5 Å². The van der Waals surface area contributed by atoms with E-state index in [2.05, 4.69) is 9.72 Å². The Kier molecular flexibility index (Phi) is 4.24. The van der Waals surface area contributed by atoms with Crippen LogP contribution in [0.1, 0.15) is 35.0 Å². The molecule has 18 heavy (non-hydrogen) atoms. The lowest BCUT2D eigenvalue weighted by molar-refractivity contribution is -0.385. The van der Waals surface area contributed by atoms with Gasteiger partial charge in [0.25, 0.3) is 12.1 Å². The lowest BCUT2D eigenvalue weighted by Crippen LogP contribution is -2.13. The maximum Gasteiger partial charge on any atom is 0.357 e. The number of ether oxygens (including phenoxy) is 1. The molecular weight excluding hydrogens is 250 g/mol. The lowest BCUT2D eigenvalue weighted by Gasteiger charge is -2.10. The number of rotatable bonds is 4. The molecule has 98 valence electrons. The van der Waals surface area contributed by atoms with Crippen LogP contribution in [-0.4, -0.2) is 22.5 Å². The molecule has 0 aromatic carbocycles. The molecule has 0 aliphatic rings. The second kappa shape index (κ2) is 5.48. The van der Waals surface area contributed by atoms with Gasteiger partial charge in [-0.25, -0.2) is 18.6 Å². The van der Waals surface area contributed by atoms with Gasteiger partial charge in [-0.15, -0.1) is 0 Å². The Labute approximate surface area is 101 Å². The number of alkyl halides is 2. The van der Waals surface area contributed by atoms with E-state index in [4.69, 9.17) is 0 Å². The van der Waals surface area contributed by atoms with Crippen LogP contribution in [0.5, 0.6) is 0 Å². The fourth-order valence-corrected chi connectivity index (χ4v) is 1.42. The maximum atomic E-state index is 12.9. The highest BCUT2D eigenvalue weighted by molar-refractivity contribution is 5.89. The third kappa shape index (κ3) is 2.58. The van der Waals surface area contributed by atoms with E-state index in [1.54, 1.807) is 0 Å². The molecule has 6 nitrogen and oxygen atoms in total. The highest BCUT2D eigenvalue weighted by Crippen LogP contribution is 2.31. The predicted molar refractivity (Wildman–Crippen MR) is 56.5 cm³/mol. The van der Waals surface area contributed by atoms with Gasteiger partial charge >= 0.3 is 5.97 Å². The van der Waals surface area contributed by atoms with Crippen LogP contribution in [0, 0.1) is 17.0 Å². The zero-order valence-electron chi connectivity index (χ0n) is 9.65. The summed E-state index contributed by atoms with van der Waals surface area (Å²) in [6.07, 6.45) is -2.27. The zero-order chi connectivity index (χ0) is 13.9. The average Bonchev–Trinajstić information content (AvgIpc) is 2.27. The monoisotopic (exact) mass is 260 g/mol. The molecule has 0 unspecified atom stereocenters. The van der Waals surface area contributed by atoms with E-state index in [1.807, 2.05) is 0 Å². The molecule has 1 rings (SSSR count). The Morgan fingerprint density at radius 3 is 2.67 bits per heavy atom. The first-order valence-corrected chi connectivity index (χ1v) is 4.99. The third-order valence-electron chi connectivity index (χ3n) is 2.24. The van der Waals surface area contributed by atoms with E-state index < -0.39 is 34.3 Å². The van der Waals surface area contributed by atoms with Crippen LogP contribution in [0.3, 0.4) is 0 Å². The van der Waals surface area contributed by atoms with Gasteiger partial charge < -0.3 is 4.74 Å². The number of hydrogen-bond acceptors (Lipinski definition) is 5. The van der Waals surface area contributed by atoms with E-state index >= 15 is 0 Å². The van der Waals surface area contributed by atoms with Crippen molar-refractivity contribution in [3.63, 3.8) is 0 Å². The highest BCUT2D eigenvalue weighted by atomic mass is 19.3. The summed E-state index contributed by atoms with van der Waals surface area (Å²) in [5, 5.41) is 10.6. The summed E-state index contributed by atoms with van der Waals surface area (Å²) in [7, 11) is 0. The molecule has 1 aromatic rings. The largest absolute Gasteiger partial charge is 0.461 e. The van der Waals surface area contributed by atoms with Crippen LogP contribution < -0.4 is 0 Å². The van der Waals surface area contributed by atoms with Crippen molar-refractivity contribution in [2.45, 2.75) is 20.3 Å². The van der Waals surface area contributed by atoms with Crippen molar-refractivity contribution >= 4 is 11.7 Å². The number of halogens is 2. The Hall–Kier alpha value is -2.12. The highest BCUT2D eigenvalue weighted by Gasteiger charge is 2.28. The van der Waals surface area contributed by atoms with E-state index in [9.17, 15) is 23.7 Å². The molecule has 0 spiro atoms. The van der Waals surface area contributed by atoms with Crippen molar-refractivity contribution in [1.82, 2.24) is 4.98 Å². The van der Waals surface area contributed by atoms with E-state index in [-0.39, 0.29) is 12.2 Å².